The molecule has 0 unspecified atom stereocenters. The first-order valence-corrected chi connectivity index (χ1v) is 10.4. The van der Waals surface area contributed by atoms with E-state index < -0.39 is 6.36 Å². The molecule has 6 nitrogen and oxygen atoms in total. The van der Waals surface area contributed by atoms with Gasteiger partial charge in [-0.05, 0) is 48.9 Å². The van der Waals surface area contributed by atoms with Crippen LogP contribution in [0.1, 0.15) is 17.1 Å². The van der Waals surface area contributed by atoms with Gasteiger partial charge in [0, 0.05) is 30.1 Å². The van der Waals surface area contributed by atoms with Gasteiger partial charge < -0.3 is 9.72 Å². The lowest BCUT2D eigenvalue weighted by molar-refractivity contribution is -0.274. The Bertz CT molecular complexity index is 1480. The second kappa shape index (κ2) is 8.58. The normalized spacial score (nSPS) is 11.6. The van der Waals surface area contributed by atoms with Crippen LogP contribution in [0.15, 0.2) is 73.1 Å². The molecular formula is C25H18F3N5O. The van der Waals surface area contributed by atoms with Gasteiger partial charge >= 0.3 is 6.36 Å². The number of nitrogens with one attached hydrogen (secondary N) is 1. The van der Waals surface area contributed by atoms with Crippen LogP contribution in [-0.2, 0) is 6.42 Å². The minimum atomic E-state index is -4.75. The predicted octanol–water partition coefficient (Wildman–Crippen LogP) is 5.88. The molecule has 2 aromatic carbocycles. The van der Waals surface area contributed by atoms with Gasteiger partial charge in [0.15, 0.2) is 0 Å². The van der Waals surface area contributed by atoms with E-state index in [4.69, 9.17) is 4.98 Å². The molecule has 0 saturated carbocycles. The molecule has 34 heavy (non-hydrogen) atoms. The Morgan fingerprint density at radius 3 is 2.47 bits per heavy atom. The molecule has 0 amide bonds. The van der Waals surface area contributed by atoms with Gasteiger partial charge in [0.2, 0.25) is 0 Å². The lowest BCUT2D eigenvalue weighted by Gasteiger charge is -2.09. The zero-order chi connectivity index (χ0) is 23.7. The van der Waals surface area contributed by atoms with Crippen LogP contribution in [0.25, 0.3) is 33.7 Å². The molecule has 3 heterocycles. The third-order valence-electron chi connectivity index (χ3n) is 5.14. The van der Waals surface area contributed by atoms with Crippen molar-refractivity contribution in [3.63, 3.8) is 0 Å². The van der Waals surface area contributed by atoms with Crippen molar-refractivity contribution in [3.05, 3.63) is 90.1 Å². The van der Waals surface area contributed by atoms with Crippen molar-refractivity contribution in [3.8, 4) is 28.4 Å². The number of fused-ring (bicyclic) bond motifs is 1. The number of benzene rings is 2. The average Bonchev–Trinajstić information content (AvgIpc) is 3.21. The summed E-state index contributed by atoms with van der Waals surface area (Å²) in [5, 5.41) is 0. The second-order valence-electron chi connectivity index (χ2n) is 7.70. The standard InChI is InChI=1S/C25H18F3N5O/c1-15-4-2-7-20(31-15)24-23(17-8-9-19-21(14-17)30-11-10-29-19)32-22(33-24)13-16-5-3-6-18(12-16)34-25(26,27)28/h2-12,14H,13H2,1H3,(H,32,33). The molecule has 0 fully saturated rings. The van der Waals surface area contributed by atoms with Crippen molar-refractivity contribution in [2.75, 3.05) is 0 Å². The number of aryl methyl sites for hydroxylation is 1. The summed E-state index contributed by atoms with van der Waals surface area (Å²) in [7, 11) is 0. The summed E-state index contributed by atoms with van der Waals surface area (Å²) in [6, 6.07) is 17.2. The first kappa shape index (κ1) is 21.6. The zero-order valence-corrected chi connectivity index (χ0v) is 18.0. The minimum absolute atomic E-state index is 0.273. The number of halogens is 3. The number of pyridine rings is 1. The molecule has 0 aliphatic rings. The van der Waals surface area contributed by atoms with Gasteiger partial charge in [0.05, 0.1) is 28.1 Å². The fourth-order valence-electron chi connectivity index (χ4n) is 3.74. The summed E-state index contributed by atoms with van der Waals surface area (Å²) in [6.07, 6.45) is -1.21. The monoisotopic (exact) mass is 461 g/mol. The second-order valence-corrected chi connectivity index (χ2v) is 7.70. The molecule has 1 N–H and O–H groups in total. The lowest BCUT2D eigenvalue weighted by Crippen LogP contribution is -2.17. The number of aromatic nitrogens is 5. The van der Waals surface area contributed by atoms with E-state index in [-0.39, 0.29) is 12.2 Å². The highest BCUT2D eigenvalue weighted by Gasteiger charge is 2.31. The van der Waals surface area contributed by atoms with E-state index >= 15 is 0 Å². The van der Waals surface area contributed by atoms with Crippen LogP contribution in [0.4, 0.5) is 13.2 Å². The van der Waals surface area contributed by atoms with E-state index in [2.05, 4.69) is 24.7 Å². The fourth-order valence-corrected chi connectivity index (χ4v) is 3.74. The van der Waals surface area contributed by atoms with Crippen molar-refractivity contribution in [1.29, 1.82) is 0 Å². The van der Waals surface area contributed by atoms with Gasteiger partial charge in [-0.3, -0.25) is 15.0 Å². The van der Waals surface area contributed by atoms with Gasteiger partial charge in [0.1, 0.15) is 11.6 Å². The van der Waals surface area contributed by atoms with Gasteiger partial charge in [-0.15, -0.1) is 13.2 Å². The van der Waals surface area contributed by atoms with Crippen LogP contribution in [-0.4, -0.2) is 31.3 Å². The number of alkyl halides is 3. The van der Waals surface area contributed by atoms with E-state index in [1.165, 1.54) is 18.2 Å². The van der Waals surface area contributed by atoms with Gasteiger partial charge in [0.25, 0.3) is 0 Å². The average molecular weight is 461 g/mol. The SMILES string of the molecule is Cc1cccc(-c2[nH]c(Cc3cccc(OC(F)(F)F)c3)nc2-c2ccc3nccnc3c2)n1. The highest BCUT2D eigenvalue weighted by molar-refractivity contribution is 5.84. The Morgan fingerprint density at radius 2 is 1.68 bits per heavy atom. The van der Waals surface area contributed by atoms with Crippen LogP contribution in [0.2, 0.25) is 0 Å². The first-order chi connectivity index (χ1) is 16.3. The highest BCUT2D eigenvalue weighted by atomic mass is 19.4. The molecule has 0 aliphatic heterocycles. The smallest absolute Gasteiger partial charge is 0.406 e. The molecule has 0 radical (unpaired) electrons. The molecule has 0 spiro atoms. The summed E-state index contributed by atoms with van der Waals surface area (Å²) in [4.78, 5) is 21.4. The third kappa shape index (κ3) is 4.73. The minimum Gasteiger partial charge on any atom is -0.406 e. The molecular weight excluding hydrogens is 443 g/mol. The number of hydrogen-bond donors (Lipinski definition) is 1. The van der Waals surface area contributed by atoms with Crippen molar-refractivity contribution < 1.29 is 17.9 Å². The Hall–Kier alpha value is -4.27. The van der Waals surface area contributed by atoms with Crippen LogP contribution >= 0.6 is 0 Å². The Labute approximate surface area is 192 Å². The van der Waals surface area contributed by atoms with E-state index in [1.54, 1.807) is 18.5 Å². The number of H-pyrrole nitrogens is 1. The molecule has 3 aromatic heterocycles. The number of ether oxygens (including phenoxy) is 1. The van der Waals surface area contributed by atoms with Crippen LogP contribution in [0.3, 0.4) is 0 Å². The van der Waals surface area contributed by atoms with Gasteiger partial charge in [-0.25, -0.2) is 4.98 Å². The predicted molar refractivity (Wildman–Crippen MR) is 121 cm³/mol. The summed E-state index contributed by atoms with van der Waals surface area (Å²) in [5.74, 6) is 0.308. The van der Waals surface area contributed by atoms with Crippen LogP contribution < -0.4 is 4.74 Å². The Morgan fingerprint density at radius 1 is 0.882 bits per heavy atom. The maximum absolute atomic E-state index is 12.6. The Kier molecular flexibility index (Phi) is 5.45. The maximum atomic E-state index is 12.6. The van der Waals surface area contributed by atoms with E-state index in [0.29, 0.717) is 28.5 Å². The highest BCUT2D eigenvalue weighted by Crippen LogP contribution is 2.32. The molecule has 0 atom stereocenters. The summed E-state index contributed by atoms with van der Waals surface area (Å²) in [6.45, 7) is 1.90. The van der Waals surface area contributed by atoms with Crippen molar-refractivity contribution >= 4 is 11.0 Å². The molecule has 0 saturated heterocycles. The van der Waals surface area contributed by atoms with Gasteiger partial charge in [-0.1, -0.05) is 24.3 Å². The fraction of sp³-hybridized carbons (Fsp3) is 0.120. The number of aromatic amines is 1. The first-order valence-electron chi connectivity index (χ1n) is 10.4. The molecule has 170 valence electrons. The number of nitrogens with zero attached hydrogens (tertiary/aromatic N) is 4. The molecule has 9 heteroatoms. The summed E-state index contributed by atoms with van der Waals surface area (Å²) >= 11 is 0. The third-order valence-corrected chi connectivity index (χ3v) is 5.14. The van der Waals surface area contributed by atoms with Crippen LogP contribution in [0.5, 0.6) is 5.75 Å². The summed E-state index contributed by atoms with van der Waals surface area (Å²) < 4.78 is 41.9. The topological polar surface area (TPSA) is 76.6 Å². The van der Waals surface area contributed by atoms with Crippen molar-refractivity contribution in [1.82, 2.24) is 24.9 Å². The maximum Gasteiger partial charge on any atom is 0.573 e. The van der Waals surface area contributed by atoms with Crippen LogP contribution in [0, 0.1) is 6.92 Å². The molecule has 5 aromatic rings. The van der Waals surface area contributed by atoms with Gasteiger partial charge in [-0.2, -0.15) is 0 Å². The molecule has 0 aliphatic carbocycles. The van der Waals surface area contributed by atoms with E-state index in [0.717, 1.165) is 22.3 Å². The quantitative estimate of drug-likeness (QED) is 0.354. The molecule has 5 rings (SSSR count). The number of hydrogen-bond acceptors (Lipinski definition) is 5. The lowest BCUT2D eigenvalue weighted by atomic mass is 10.1. The number of imidazole rings is 1. The van der Waals surface area contributed by atoms with E-state index in [1.807, 2.05) is 43.3 Å². The Balaban J connectivity index is 1.56. The van der Waals surface area contributed by atoms with Crippen molar-refractivity contribution in [2.24, 2.45) is 0 Å². The van der Waals surface area contributed by atoms with E-state index in [9.17, 15) is 13.2 Å². The number of rotatable bonds is 5. The largest absolute Gasteiger partial charge is 0.573 e. The van der Waals surface area contributed by atoms with Crippen molar-refractivity contribution in [2.45, 2.75) is 19.7 Å². The summed E-state index contributed by atoms with van der Waals surface area (Å²) in [5.41, 5.74) is 5.87. The zero-order valence-electron chi connectivity index (χ0n) is 18.0. The molecule has 0 bridgehead atoms.